The van der Waals surface area contributed by atoms with Crippen LogP contribution in [-0.4, -0.2) is 27.2 Å². The number of carbonyl (C=O) groups is 1. The molecule has 0 radical (unpaired) electrons. The van der Waals surface area contributed by atoms with Gasteiger partial charge in [-0.3, -0.25) is 4.79 Å². The Hall–Kier alpha value is -3.74. The minimum absolute atomic E-state index is 0.0119. The van der Waals surface area contributed by atoms with Gasteiger partial charge in [0.25, 0.3) is 5.89 Å². The summed E-state index contributed by atoms with van der Waals surface area (Å²) in [6.07, 6.45) is 3.76. The van der Waals surface area contributed by atoms with Gasteiger partial charge >= 0.3 is 0 Å². The molecule has 0 atom stereocenters. The molecule has 0 spiro atoms. The molecule has 0 bridgehead atoms. The molecule has 7 heteroatoms. The number of anilines is 1. The summed E-state index contributed by atoms with van der Waals surface area (Å²) in [5.41, 5.74) is 3.50. The van der Waals surface area contributed by atoms with Crippen LogP contribution in [0.1, 0.15) is 12.0 Å². The summed E-state index contributed by atoms with van der Waals surface area (Å²) >= 11 is 0. The van der Waals surface area contributed by atoms with E-state index in [4.69, 9.17) is 4.52 Å². The van der Waals surface area contributed by atoms with Gasteiger partial charge in [0, 0.05) is 24.0 Å². The molecular weight excluding hydrogens is 383 g/mol. The van der Waals surface area contributed by atoms with Crippen LogP contribution in [0.4, 0.5) is 10.1 Å². The van der Waals surface area contributed by atoms with Gasteiger partial charge in [-0.15, -0.1) is 0 Å². The Morgan fingerprint density at radius 3 is 2.77 bits per heavy atom. The number of aryl methyl sites for hydroxylation is 1. The van der Waals surface area contributed by atoms with E-state index in [9.17, 15) is 9.18 Å². The summed E-state index contributed by atoms with van der Waals surface area (Å²) in [6.45, 7) is 0.882. The Bertz CT molecular complexity index is 1200. The molecule has 150 valence electrons. The van der Waals surface area contributed by atoms with E-state index < -0.39 is 0 Å². The summed E-state index contributed by atoms with van der Waals surface area (Å²) in [4.78, 5) is 19.3. The first-order valence-electron chi connectivity index (χ1n) is 9.82. The van der Waals surface area contributed by atoms with E-state index in [-0.39, 0.29) is 18.3 Å². The van der Waals surface area contributed by atoms with Crippen LogP contribution >= 0.6 is 0 Å². The summed E-state index contributed by atoms with van der Waals surface area (Å²) in [7, 11) is 0. The number of hydrogen-bond acceptors (Lipinski definition) is 4. The molecule has 1 amide bonds. The van der Waals surface area contributed by atoms with Gasteiger partial charge in [0.15, 0.2) is 0 Å². The fourth-order valence-electron chi connectivity index (χ4n) is 3.81. The van der Waals surface area contributed by atoms with Gasteiger partial charge in [-0.1, -0.05) is 23.4 Å². The predicted molar refractivity (Wildman–Crippen MR) is 110 cm³/mol. The largest absolute Gasteiger partial charge is 0.334 e. The van der Waals surface area contributed by atoms with Crippen molar-refractivity contribution >= 4 is 11.6 Å². The average Bonchev–Trinajstić information content (AvgIpc) is 3.43. The summed E-state index contributed by atoms with van der Waals surface area (Å²) < 4.78 is 20.4. The average molecular weight is 402 g/mol. The standard InChI is InChI=1S/C23H19FN4O2/c24-18-11-9-17(10-12-18)22-25-23(30-26-22)20-8-4-13-27(20)15-21(29)28-14-3-6-16-5-1-2-7-19(16)28/h1-2,4-5,7-13H,3,6,14-15H2. The Kier molecular flexibility index (Phi) is 4.63. The van der Waals surface area contributed by atoms with Gasteiger partial charge in [0.05, 0.1) is 0 Å². The zero-order valence-electron chi connectivity index (χ0n) is 16.2. The second-order valence-corrected chi connectivity index (χ2v) is 7.23. The van der Waals surface area contributed by atoms with E-state index in [0.717, 1.165) is 18.5 Å². The van der Waals surface area contributed by atoms with Crippen molar-refractivity contribution < 1.29 is 13.7 Å². The van der Waals surface area contributed by atoms with Crippen LogP contribution in [0.3, 0.4) is 0 Å². The van der Waals surface area contributed by atoms with Gasteiger partial charge in [-0.25, -0.2) is 4.39 Å². The molecule has 0 unspecified atom stereocenters. The highest BCUT2D eigenvalue weighted by atomic mass is 19.1. The van der Waals surface area contributed by atoms with Crippen molar-refractivity contribution in [1.82, 2.24) is 14.7 Å². The first-order valence-corrected chi connectivity index (χ1v) is 9.82. The van der Waals surface area contributed by atoms with Crippen LogP contribution < -0.4 is 4.90 Å². The highest BCUT2D eigenvalue weighted by Gasteiger charge is 2.23. The Labute approximate surface area is 172 Å². The van der Waals surface area contributed by atoms with E-state index in [0.29, 0.717) is 29.5 Å². The lowest BCUT2D eigenvalue weighted by atomic mass is 10.0. The third-order valence-electron chi connectivity index (χ3n) is 5.29. The fraction of sp³-hybridized carbons (Fsp3) is 0.174. The second-order valence-electron chi connectivity index (χ2n) is 7.23. The number of fused-ring (bicyclic) bond motifs is 1. The van der Waals surface area contributed by atoms with E-state index in [2.05, 4.69) is 16.2 Å². The van der Waals surface area contributed by atoms with Gasteiger partial charge in [-0.05, 0) is 60.9 Å². The smallest absolute Gasteiger partial charge is 0.274 e. The maximum absolute atomic E-state index is 13.1. The molecule has 0 saturated carbocycles. The number of nitrogens with zero attached hydrogens (tertiary/aromatic N) is 4. The van der Waals surface area contributed by atoms with E-state index in [1.807, 2.05) is 46.0 Å². The van der Waals surface area contributed by atoms with E-state index in [1.165, 1.54) is 17.7 Å². The lowest BCUT2D eigenvalue weighted by Gasteiger charge is -2.29. The number of carbonyl (C=O) groups excluding carboxylic acids is 1. The van der Waals surface area contributed by atoms with Crippen molar-refractivity contribution in [3.8, 4) is 23.0 Å². The Morgan fingerprint density at radius 1 is 1.07 bits per heavy atom. The summed E-state index contributed by atoms with van der Waals surface area (Å²) in [6, 6.07) is 17.6. The quantitative estimate of drug-likeness (QED) is 0.510. The first-order chi connectivity index (χ1) is 14.7. The van der Waals surface area contributed by atoms with Crippen molar-refractivity contribution in [3.05, 3.63) is 78.2 Å². The number of halogens is 1. The van der Waals surface area contributed by atoms with Crippen LogP contribution in [0.25, 0.3) is 23.0 Å². The normalized spacial score (nSPS) is 13.3. The maximum atomic E-state index is 13.1. The molecule has 6 nitrogen and oxygen atoms in total. The highest BCUT2D eigenvalue weighted by molar-refractivity contribution is 5.94. The lowest BCUT2D eigenvalue weighted by Crippen LogP contribution is -2.37. The Balaban J connectivity index is 1.38. The number of amides is 1. The molecule has 1 aliphatic heterocycles. The van der Waals surface area contributed by atoms with Crippen LogP contribution in [0.15, 0.2) is 71.4 Å². The third kappa shape index (κ3) is 3.39. The highest BCUT2D eigenvalue weighted by Crippen LogP contribution is 2.28. The van der Waals surface area contributed by atoms with Gasteiger partial charge in [-0.2, -0.15) is 4.98 Å². The fourth-order valence-corrected chi connectivity index (χ4v) is 3.81. The molecule has 1 aliphatic rings. The third-order valence-corrected chi connectivity index (χ3v) is 5.29. The molecule has 0 saturated heterocycles. The number of para-hydroxylation sites is 1. The molecule has 3 heterocycles. The zero-order chi connectivity index (χ0) is 20.5. The van der Waals surface area contributed by atoms with Gasteiger partial charge in [0.2, 0.25) is 11.7 Å². The minimum Gasteiger partial charge on any atom is -0.334 e. The molecular formula is C23H19FN4O2. The molecule has 5 rings (SSSR count). The minimum atomic E-state index is -0.325. The SMILES string of the molecule is O=C(Cn1cccc1-c1nc(-c2ccc(F)cc2)no1)N1CCCc2ccccc21. The molecule has 0 N–H and O–H groups in total. The van der Waals surface area contributed by atoms with E-state index in [1.54, 1.807) is 12.1 Å². The first kappa shape index (κ1) is 18.3. The predicted octanol–water partition coefficient (Wildman–Crippen LogP) is 4.32. The zero-order valence-corrected chi connectivity index (χ0v) is 16.2. The van der Waals surface area contributed by atoms with Crippen molar-refractivity contribution in [1.29, 1.82) is 0 Å². The monoisotopic (exact) mass is 402 g/mol. The van der Waals surface area contributed by atoms with Gasteiger partial charge in [0.1, 0.15) is 18.1 Å². The summed E-state index contributed by atoms with van der Waals surface area (Å²) in [5.74, 6) is 0.368. The maximum Gasteiger partial charge on any atom is 0.274 e. The van der Waals surface area contributed by atoms with Crippen LogP contribution in [0, 0.1) is 5.82 Å². The van der Waals surface area contributed by atoms with Crippen LogP contribution in [-0.2, 0) is 17.8 Å². The van der Waals surface area contributed by atoms with Crippen LogP contribution in [0.5, 0.6) is 0 Å². The number of hydrogen-bond donors (Lipinski definition) is 0. The van der Waals surface area contributed by atoms with Crippen LogP contribution in [0.2, 0.25) is 0 Å². The van der Waals surface area contributed by atoms with Crippen molar-refractivity contribution in [2.24, 2.45) is 0 Å². The van der Waals surface area contributed by atoms with Crippen molar-refractivity contribution in [2.45, 2.75) is 19.4 Å². The second kappa shape index (κ2) is 7.59. The van der Waals surface area contributed by atoms with Gasteiger partial charge < -0.3 is 14.0 Å². The number of aromatic nitrogens is 3. The lowest BCUT2D eigenvalue weighted by molar-refractivity contribution is -0.119. The molecule has 2 aromatic heterocycles. The molecule has 2 aromatic carbocycles. The number of rotatable bonds is 4. The topological polar surface area (TPSA) is 64.2 Å². The van der Waals surface area contributed by atoms with E-state index >= 15 is 0 Å². The molecule has 0 fully saturated rings. The molecule has 4 aromatic rings. The molecule has 30 heavy (non-hydrogen) atoms. The van der Waals surface area contributed by atoms with Crippen molar-refractivity contribution in [3.63, 3.8) is 0 Å². The Morgan fingerprint density at radius 2 is 1.90 bits per heavy atom. The summed E-state index contributed by atoms with van der Waals surface area (Å²) in [5, 5.41) is 3.99. The number of benzene rings is 2. The molecule has 0 aliphatic carbocycles. The van der Waals surface area contributed by atoms with Crippen molar-refractivity contribution in [2.75, 3.05) is 11.4 Å².